The van der Waals surface area contributed by atoms with Crippen LogP contribution in [0.15, 0.2) is 42.7 Å². The number of carbonyl (C=O) groups is 1. The number of thiazole rings is 1. The first-order valence-electron chi connectivity index (χ1n) is 8.58. The normalized spacial score (nSPS) is 10.1. The van der Waals surface area contributed by atoms with Gasteiger partial charge in [0, 0.05) is 38.4 Å². The van der Waals surface area contributed by atoms with Gasteiger partial charge in [-0.25, -0.2) is 4.98 Å². The second-order valence-corrected chi connectivity index (χ2v) is 7.15. The summed E-state index contributed by atoms with van der Waals surface area (Å²) in [7, 11) is 1.86. The second-order valence-electron chi connectivity index (χ2n) is 6.15. The van der Waals surface area contributed by atoms with Crippen molar-refractivity contribution in [2.75, 3.05) is 19.6 Å². The molecule has 0 saturated carbocycles. The number of nitrogens with two attached hydrogens (primary N) is 1. The zero-order valence-electron chi connectivity index (χ0n) is 15.9. The van der Waals surface area contributed by atoms with E-state index in [1.807, 2.05) is 43.3 Å². The van der Waals surface area contributed by atoms with Crippen molar-refractivity contribution >= 4 is 42.1 Å². The van der Waals surface area contributed by atoms with Gasteiger partial charge in [0.2, 0.25) is 0 Å². The lowest BCUT2D eigenvalue weighted by molar-refractivity contribution is 0.0766. The topological polar surface area (TPSA) is 77.0 Å². The molecular weight excluding hydrogens is 417 g/mol. The number of rotatable bonds is 7. The third kappa shape index (κ3) is 5.78. The van der Waals surface area contributed by atoms with Crippen LogP contribution in [0.5, 0.6) is 0 Å². The maximum absolute atomic E-state index is 13.0. The first-order valence-corrected chi connectivity index (χ1v) is 9.40. The van der Waals surface area contributed by atoms with Gasteiger partial charge in [-0.1, -0.05) is 30.3 Å². The minimum Gasteiger partial charge on any atom is -0.336 e. The average molecular weight is 442 g/mol. The van der Waals surface area contributed by atoms with Crippen molar-refractivity contribution in [3.8, 4) is 10.6 Å². The molecule has 3 rings (SSSR count). The molecule has 0 aliphatic rings. The molecule has 0 saturated heterocycles. The van der Waals surface area contributed by atoms with Gasteiger partial charge in [-0.2, -0.15) is 5.10 Å². The van der Waals surface area contributed by atoms with Gasteiger partial charge >= 0.3 is 0 Å². The Labute approximate surface area is 181 Å². The van der Waals surface area contributed by atoms with Crippen LogP contribution in [0.3, 0.4) is 0 Å². The summed E-state index contributed by atoms with van der Waals surface area (Å²) in [5.74, 6) is -0.00322. The molecule has 6 nitrogen and oxygen atoms in total. The van der Waals surface area contributed by atoms with Crippen molar-refractivity contribution in [2.24, 2.45) is 12.8 Å². The number of nitrogens with zero attached hydrogens (tertiary/aromatic N) is 4. The molecule has 0 radical (unpaired) electrons. The molecule has 0 unspecified atom stereocenters. The Morgan fingerprint density at radius 2 is 1.93 bits per heavy atom. The van der Waals surface area contributed by atoms with E-state index in [-0.39, 0.29) is 30.7 Å². The van der Waals surface area contributed by atoms with Crippen LogP contribution in [0.4, 0.5) is 0 Å². The Hall–Kier alpha value is -1.93. The number of halogens is 2. The standard InChI is InChI=1S/C19H23N5OS.2ClH/c1-14-17(26-18(22-14)16-12-21-23(2)13-16)19(25)24(11-9-20)10-8-15-6-4-3-5-7-15;;/h3-7,12-13H,8-11,20H2,1-2H3;2*1H. The van der Waals surface area contributed by atoms with E-state index in [0.29, 0.717) is 24.5 Å². The molecule has 3 aromatic rings. The first kappa shape index (κ1) is 24.1. The summed E-state index contributed by atoms with van der Waals surface area (Å²) in [6.45, 7) is 3.49. The summed E-state index contributed by atoms with van der Waals surface area (Å²) >= 11 is 1.41. The number of amides is 1. The molecule has 28 heavy (non-hydrogen) atoms. The first-order chi connectivity index (χ1) is 12.6. The summed E-state index contributed by atoms with van der Waals surface area (Å²) < 4.78 is 1.73. The molecule has 0 spiro atoms. The summed E-state index contributed by atoms with van der Waals surface area (Å²) in [5, 5.41) is 4.99. The van der Waals surface area contributed by atoms with Gasteiger partial charge in [-0.05, 0) is 18.9 Å². The highest BCUT2D eigenvalue weighted by Gasteiger charge is 2.22. The molecular formula is C19H25Cl2N5OS. The average Bonchev–Trinajstić information content (AvgIpc) is 3.24. The van der Waals surface area contributed by atoms with Gasteiger partial charge in [0.1, 0.15) is 9.88 Å². The number of aryl methyl sites for hydroxylation is 2. The molecule has 2 aromatic heterocycles. The van der Waals surface area contributed by atoms with Gasteiger partial charge in [0.05, 0.1) is 11.9 Å². The molecule has 152 valence electrons. The minimum absolute atomic E-state index is 0. The Morgan fingerprint density at radius 3 is 2.54 bits per heavy atom. The third-order valence-electron chi connectivity index (χ3n) is 4.14. The van der Waals surface area contributed by atoms with Crippen molar-refractivity contribution in [1.29, 1.82) is 0 Å². The predicted octanol–water partition coefficient (Wildman–Crippen LogP) is 3.34. The van der Waals surface area contributed by atoms with Crippen LogP contribution in [0.25, 0.3) is 10.6 Å². The lowest BCUT2D eigenvalue weighted by atomic mass is 10.1. The van der Waals surface area contributed by atoms with Gasteiger partial charge in [0.25, 0.3) is 5.91 Å². The predicted molar refractivity (Wildman–Crippen MR) is 119 cm³/mol. The van der Waals surface area contributed by atoms with Gasteiger partial charge in [0.15, 0.2) is 0 Å². The summed E-state index contributed by atoms with van der Waals surface area (Å²) in [4.78, 5) is 20.1. The monoisotopic (exact) mass is 441 g/mol. The Morgan fingerprint density at radius 1 is 1.21 bits per heavy atom. The van der Waals surface area contributed by atoms with Crippen LogP contribution in [0.1, 0.15) is 20.9 Å². The van der Waals surface area contributed by atoms with E-state index in [4.69, 9.17) is 5.73 Å². The zero-order chi connectivity index (χ0) is 18.5. The molecule has 0 fully saturated rings. The maximum atomic E-state index is 13.0. The van der Waals surface area contributed by atoms with E-state index in [1.165, 1.54) is 16.9 Å². The van der Waals surface area contributed by atoms with Crippen molar-refractivity contribution in [1.82, 2.24) is 19.7 Å². The SMILES string of the molecule is Cc1nc(-c2cnn(C)c2)sc1C(=O)N(CCN)CCc1ccccc1.Cl.Cl. The highest BCUT2D eigenvalue weighted by molar-refractivity contribution is 7.17. The molecule has 0 bridgehead atoms. The number of carbonyl (C=O) groups excluding carboxylic acids is 1. The van der Waals surface area contributed by atoms with Crippen LogP contribution in [-0.4, -0.2) is 45.2 Å². The molecule has 1 aromatic carbocycles. The van der Waals surface area contributed by atoms with E-state index in [9.17, 15) is 4.79 Å². The Bertz CT molecular complexity index is 882. The maximum Gasteiger partial charge on any atom is 0.265 e. The quantitative estimate of drug-likeness (QED) is 0.609. The Balaban J connectivity index is 0.00000196. The molecule has 0 atom stereocenters. The molecule has 2 heterocycles. The van der Waals surface area contributed by atoms with E-state index in [1.54, 1.807) is 10.9 Å². The fourth-order valence-electron chi connectivity index (χ4n) is 2.77. The van der Waals surface area contributed by atoms with Gasteiger partial charge in [-0.15, -0.1) is 36.2 Å². The van der Waals surface area contributed by atoms with Gasteiger partial charge < -0.3 is 10.6 Å². The largest absolute Gasteiger partial charge is 0.336 e. The second kappa shape index (κ2) is 11.2. The molecule has 0 aliphatic heterocycles. The van der Waals surface area contributed by atoms with E-state index >= 15 is 0 Å². The number of hydrogen-bond donors (Lipinski definition) is 1. The van der Waals surface area contributed by atoms with E-state index in [0.717, 1.165) is 22.7 Å². The molecule has 2 N–H and O–H groups in total. The fraction of sp³-hybridized carbons (Fsp3) is 0.316. The number of hydrogen-bond acceptors (Lipinski definition) is 5. The van der Waals surface area contributed by atoms with Crippen molar-refractivity contribution in [3.05, 3.63) is 58.9 Å². The van der Waals surface area contributed by atoms with Crippen LogP contribution >= 0.6 is 36.2 Å². The minimum atomic E-state index is -0.00322. The molecule has 9 heteroatoms. The smallest absolute Gasteiger partial charge is 0.265 e. The number of benzene rings is 1. The summed E-state index contributed by atoms with van der Waals surface area (Å²) in [6.07, 6.45) is 4.47. The fourth-order valence-corrected chi connectivity index (χ4v) is 3.78. The lowest BCUT2D eigenvalue weighted by Crippen LogP contribution is -2.36. The van der Waals surface area contributed by atoms with Crippen LogP contribution in [-0.2, 0) is 13.5 Å². The third-order valence-corrected chi connectivity index (χ3v) is 5.34. The van der Waals surface area contributed by atoms with Crippen LogP contribution < -0.4 is 5.73 Å². The summed E-state index contributed by atoms with van der Waals surface area (Å²) in [6, 6.07) is 10.2. The van der Waals surface area contributed by atoms with Crippen molar-refractivity contribution in [3.63, 3.8) is 0 Å². The molecule has 1 amide bonds. The highest BCUT2D eigenvalue weighted by Crippen LogP contribution is 2.28. The highest BCUT2D eigenvalue weighted by atomic mass is 35.5. The zero-order valence-corrected chi connectivity index (χ0v) is 18.3. The Kier molecular flexibility index (Phi) is 9.61. The van der Waals surface area contributed by atoms with E-state index in [2.05, 4.69) is 22.2 Å². The number of aromatic nitrogens is 3. The van der Waals surface area contributed by atoms with Crippen molar-refractivity contribution < 1.29 is 4.79 Å². The lowest BCUT2D eigenvalue weighted by Gasteiger charge is -2.21. The summed E-state index contributed by atoms with van der Waals surface area (Å²) in [5.41, 5.74) is 8.62. The van der Waals surface area contributed by atoms with Crippen LogP contribution in [0.2, 0.25) is 0 Å². The van der Waals surface area contributed by atoms with Crippen LogP contribution in [0, 0.1) is 6.92 Å². The van der Waals surface area contributed by atoms with Gasteiger partial charge in [-0.3, -0.25) is 9.48 Å². The molecule has 0 aliphatic carbocycles. The van der Waals surface area contributed by atoms with E-state index < -0.39 is 0 Å². The van der Waals surface area contributed by atoms with Crippen molar-refractivity contribution in [2.45, 2.75) is 13.3 Å².